The van der Waals surface area contributed by atoms with E-state index in [0.717, 1.165) is 18.4 Å². The molecule has 4 rings (SSSR count). The van der Waals surface area contributed by atoms with Gasteiger partial charge in [-0.15, -0.1) is 0 Å². The third-order valence-electron chi connectivity index (χ3n) is 5.27. The van der Waals surface area contributed by atoms with Gasteiger partial charge in [-0.2, -0.15) is 11.3 Å². The number of hydrogen-bond acceptors (Lipinski definition) is 5. The third-order valence-corrected chi connectivity index (χ3v) is 6.96. The van der Waals surface area contributed by atoms with Gasteiger partial charge in [-0.1, -0.05) is 54.2 Å². The lowest BCUT2D eigenvalue weighted by atomic mass is 10.1. The summed E-state index contributed by atoms with van der Waals surface area (Å²) in [5.41, 5.74) is 2.98. The van der Waals surface area contributed by atoms with Crippen LogP contribution in [0.1, 0.15) is 17.5 Å². The number of nitrogens with zero attached hydrogens (tertiary/aromatic N) is 3. The normalized spacial score (nSPS) is 11.0. The number of thiophene rings is 1. The van der Waals surface area contributed by atoms with Gasteiger partial charge < -0.3 is 4.90 Å². The Morgan fingerprint density at radius 2 is 1.84 bits per heavy atom. The molecule has 0 N–H and O–H groups in total. The van der Waals surface area contributed by atoms with E-state index in [1.165, 1.54) is 17.3 Å². The zero-order valence-corrected chi connectivity index (χ0v) is 19.6. The van der Waals surface area contributed by atoms with E-state index in [1.807, 2.05) is 59.3 Å². The van der Waals surface area contributed by atoms with E-state index in [1.54, 1.807) is 27.9 Å². The van der Waals surface area contributed by atoms with Crippen LogP contribution in [0.3, 0.4) is 0 Å². The van der Waals surface area contributed by atoms with Crippen molar-refractivity contribution < 1.29 is 4.79 Å². The highest BCUT2D eigenvalue weighted by Gasteiger charge is 2.15. The molecule has 0 saturated heterocycles. The Morgan fingerprint density at radius 1 is 1.06 bits per heavy atom. The van der Waals surface area contributed by atoms with E-state index < -0.39 is 0 Å². The van der Waals surface area contributed by atoms with Crippen LogP contribution in [0.5, 0.6) is 0 Å². The molecule has 0 bridgehead atoms. The first-order valence-corrected chi connectivity index (χ1v) is 12.5. The molecule has 0 atom stereocenters. The Kier molecular flexibility index (Phi) is 7.39. The Balaban J connectivity index is 1.50. The van der Waals surface area contributed by atoms with Crippen LogP contribution in [0.2, 0.25) is 0 Å². The molecular weight excluding hydrogens is 438 g/mol. The Morgan fingerprint density at radius 3 is 2.62 bits per heavy atom. The SMILES string of the molecule is CN(Cc1ccsc1)C(=O)CSc1nc2ccccc2c(=O)n1CCCc1ccccc1. The molecule has 0 aliphatic heterocycles. The second-order valence-electron chi connectivity index (χ2n) is 7.63. The molecule has 0 unspecified atom stereocenters. The number of rotatable bonds is 9. The van der Waals surface area contributed by atoms with Gasteiger partial charge in [0.2, 0.25) is 5.91 Å². The smallest absolute Gasteiger partial charge is 0.262 e. The quantitative estimate of drug-likeness (QED) is 0.263. The summed E-state index contributed by atoms with van der Waals surface area (Å²) in [6.07, 6.45) is 1.70. The van der Waals surface area contributed by atoms with Crippen molar-refractivity contribution in [1.82, 2.24) is 14.5 Å². The van der Waals surface area contributed by atoms with Gasteiger partial charge in [0.15, 0.2) is 5.16 Å². The van der Waals surface area contributed by atoms with Crippen LogP contribution in [0.15, 0.2) is 81.4 Å². The highest BCUT2D eigenvalue weighted by atomic mass is 32.2. The zero-order chi connectivity index (χ0) is 22.3. The van der Waals surface area contributed by atoms with Gasteiger partial charge in [-0.25, -0.2) is 4.98 Å². The van der Waals surface area contributed by atoms with Crippen molar-refractivity contribution in [2.45, 2.75) is 31.1 Å². The maximum Gasteiger partial charge on any atom is 0.262 e. The van der Waals surface area contributed by atoms with Crippen molar-refractivity contribution >= 4 is 39.9 Å². The highest BCUT2D eigenvalue weighted by molar-refractivity contribution is 7.99. The lowest BCUT2D eigenvalue weighted by Crippen LogP contribution is -2.28. The van der Waals surface area contributed by atoms with Crippen molar-refractivity contribution in [2.24, 2.45) is 0 Å². The summed E-state index contributed by atoms with van der Waals surface area (Å²) < 4.78 is 1.72. The fourth-order valence-corrected chi connectivity index (χ4v) is 5.15. The molecule has 5 nitrogen and oxygen atoms in total. The number of thioether (sulfide) groups is 1. The van der Waals surface area contributed by atoms with E-state index in [2.05, 4.69) is 12.1 Å². The summed E-state index contributed by atoms with van der Waals surface area (Å²) in [6, 6.07) is 19.7. The van der Waals surface area contributed by atoms with Gasteiger partial charge >= 0.3 is 0 Å². The van der Waals surface area contributed by atoms with Gasteiger partial charge in [-0.05, 0) is 52.9 Å². The molecule has 164 valence electrons. The first-order valence-electron chi connectivity index (χ1n) is 10.5. The minimum atomic E-state index is -0.0507. The van der Waals surface area contributed by atoms with Crippen LogP contribution < -0.4 is 5.56 Å². The number of hydrogen-bond donors (Lipinski definition) is 0. The monoisotopic (exact) mass is 463 g/mol. The molecular formula is C25H25N3O2S2. The van der Waals surface area contributed by atoms with Gasteiger partial charge in [0.1, 0.15) is 0 Å². The van der Waals surface area contributed by atoms with Crippen molar-refractivity contribution in [3.05, 3.63) is 92.9 Å². The van der Waals surface area contributed by atoms with Crippen molar-refractivity contribution in [1.29, 1.82) is 0 Å². The molecule has 0 saturated carbocycles. The summed E-state index contributed by atoms with van der Waals surface area (Å²) in [5, 5.41) is 5.26. The topological polar surface area (TPSA) is 55.2 Å². The Hall–Kier alpha value is -2.90. The maximum absolute atomic E-state index is 13.2. The molecule has 0 spiro atoms. The molecule has 1 amide bonds. The summed E-state index contributed by atoms with van der Waals surface area (Å²) in [6.45, 7) is 1.14. The lowest BCUT2D eigenvalue weighted by molar-refractivity contribution is -0.127. The fourth-order valence-electron chi connectivity index (χ4n) is 3.52. The summed E-state index contributed by atoms with van der Waals surface area (Å²) in [4.78, 5) is 32.3. The molecule has 32 heavy (non-hydrogen) atoms. The molecule has 2 aromatic carbocycles. The average molecular weight is 464 g/mol. The molecule has 0 radical (unpaired) electrons. The molecule has 0 fully saturated rings. The molecule has 0 aliphatic rings. The molecule has 2 aromatic heterocycles. The van der Waals surface area contributed by atoms with Crippen LogP contribution in [-0.2, 0) is 24.3 Å². The van der Waals surface area contributed by atoms with Crippen LogP contribution in [-0.4, -0.2) is 33.2 Å². The first kappa shape index (κ1) is 22.3. The number of carbonyl (C=O) groups is 1. The second-order valence-corrected chi connectivity index (χ2v) is 9.35. The van der Waals surface area contributed by atoms with E-state index >= 15 is 0 Å². The number of carbonyl (C=O) groups excluding carboxylic acids is 1. The number of amides is 1. The summed E-state index contributed by atoms with van der Waals surface area (Å²) in [5.74, 6) is 0.254. The van der Waals surface area contributed by atoms with E-state index in [4.69, 9.17) is 4.98 Å². The van der Waals surface area contributed by atoms with Gasteiger partial charge in [-0.3, -0.25) is 14.2 Å². The number of aromatic nitrogens is 2. The van der Waals surface area contributed by atoms with Gasteiger partial charge in [0, 0.05) is 20.1 Å². The Labute approximate surface area is 195 Å². The zero-order valence-electron chi connectivity index (χ0n) is 17.9. The van der Waals surface area contributed by atoms with Crippen LogP contribution in [0.4, 0.5) is 0 Å². The van der Waals surface area contributed by atoms with Gasteiger partial charge in [0.25, 0.3) is 5.56 Å². The Bertz CT molecular complexity index is 1240. The standard InChI is InChI=1S/C25H25N3O2S2/c1-27(16-20-13-15-31-17-20)23(29)18-32-25-26-22-12-6-5-11-21(22)24(30)28(25)14-7-10-19-8-3-2-4-9-19/h2-6,8-9,11-13,15,17H,7,10,14,16,18H2,1H3. The minimum Gasteiger partial charge on any atom is -0.341 e. The van der Waals surface area contributed by atoms with Crippen LogP contribution in [0, 0.1) is 0 Å². The van der Waals surface area contributed by atoms with Crippen molar-refractivity contribution in [3.63, 3.8) is 0 Å². The average Bonchev–Trinajstić information content (AvgIpc) is 3.33. The predicted molar refractivity (Wildman–Crippen MR) is 132 cm³/mol. The van der Waals surface area contributed by atoms with Crippen LogP contribution in [0.25, 0.3) is 10.9 Å². The van der Waals surface area contributed by atoms with E-state index in [0.29, 0.717) is 29.1 Å². The third kappa shape index (κ3) is 5.47. The molecule has 7 heteroatoms. The van der Waals surface area contributed by atoms with E-state index in [-0.39, 0.29) is 17.2 Å². The van der Waals surface area contributed by atoms with Crippen LogP contribution >= 0.6 is 23.1 Å². The maximum atomic E-state index is 13.2. The molecule has 2 heterocycles. The molecule has 4 aromatic rings. The number of aryl methyl sites for hydroxylation is 1. The second kappa shape index (κ2) is 10.6. The predicted octanol–water partition coefficient (Wildman–Crippen LogP) is 4.84. The van der Waals surface area contributed by atoms with E-state index in [9.17, 15) is 9.59 Å². The lowest BCUT2D eigenvalue weighted by Gasteiger charge is -2.17. The van der Waals surface area contributed by atoms with Crippen molar-refractivity contribution in [2.75, 3.05) is 12.8 Å². The van der Waals surface area contributed by atoms with Gasteiger partial charge in [0.05, 0.1) is 16.7 Å². The fraction of sp³-hybridized carbons (Fsp3) is 0.240. The number of benzene rings is 2. The minimum absolute atomic E-state index is 0.0134. The first-order chi connectivity index (χ1) is 15.6. The molecule has 0 aliphatic carbocycles. The summed E-state index contributed by atoms with van der Waals surface area (Å²) in [7, 11) is 1.81. The summed E-state index contributed by atoms with van der Waals surface area (Å²) >= 11 is 2.96. The number of para-hydroxylation sites is 1. The highest BCUT2D eigenvalue weighted by Crippen LogP contribution is 2.19. The van der Waals surface area contributed by atoms with Crippen molar-refractivity contribution in [3.8, 4) is 0 Å². The largest absolute Gasteiger partial charge is 0.341 e. The number of fused-ring (bicyclic) bond motifs is 1.